The van der Waals surface area contributed by atoms with E-state index in [9.17, 15) is 4.79 Å². The summed E-state index contributed by atoms with van der Waals surface area (Å²) in [6, 6.07) is 8.04. The summed E-state index contributed by atoms with van der Waals surface area (Å²) in [5, 5.41) is 0. The summed E-state index contributed by atoms with van der Waals surface area (Å²) in [7, 11) is 0. The minimum absolute atomic E-state index is 0.168. The molecule has 4 atom stereocenters. The summed E-state index contributed by atoms with van der Waals surface area (Å²) in [5.41, 5.74) is 2.46. The molecule has 0 aliphatic heterocycles. The highest BCUT2D eigenvalue weighted by atomic mass is 16.5. The second kappa shape index (κ2) is 5.15. The van der Waals surface area contributed by atoms with E-state index in [0.717, 1.165) is 17.4 Å². The smallest absolute Gasteiger partial charge is 0.338 e. The Morgan fingerprint density at radius 1 is 1.29 bits per heavy atom. The first-order valence-corrected chi connectivity index (χ1v) is 8.22. The number of hydrogen-bond acceptors (Lipinski definition) is 2. The van der Waals surface area contributed by atoms with Crippen LogP contribution in [0.15, 0.2) is 24.3 Å². The number of esters is 1. The number of benzene rings is 1. The summed E-state index contributed by atoms with van der Waals surface area (Å²) >= 11 is 0. The average molecular weight is 286 g/mol. The van der Waals surface area contributed by atoms with E-state index in [0.29, 0.717) is 23.9 Å². The third-order valence-corrected chi connectivity index (χ3v) is 6.21. The SMILES string of the molecule is CCOC(=O)c1ccccc1[C@@H]1C[C@H]2C[C@@H]([C@@H]1C)C2(C)C. The third-order valence-electron chi connectivity index (χ3n) is 6.21. The molecule has 3 aliphatic carbocycles. The van der Waals surface area contributed by atoms with Crippen LogP contribution >= 0.6 is 0 Å². The minimum Gasteiger partial charge on any atom is -0.462 e. The van der Waals surface area contributed by atoms with Crippen molar-refractivity contribution >= 4 is 5.97 Å². The molecule has 3 fully saturated rings. The van der Waals surface area contributed by atoms with Gasteiger partial charge in [0.1, 0.15) is 0 Å². The largest absolute Gasteiger partial charge is 0.462 e. The predicted molar refractivity (Wildman–Crippen MR) is 84.3 cm³/mol. The summed E-state index contributed by atoms with van der Waals surface area (Å²) in [6.07, 6.45) is 2.58. The standard InChI is InChI=1S/C19H26O2/c1-5-21-18(20)15-9-7-6-8-14(15)16-10-13-11-17(12(16)2)19(13,3)4/h6-9,12-13,16-17H,5,10-11H2,1-4H3/t12-,13+,16-,17+/m1/s1. The Morgan fingerprint density at radius 2 is 2.00 bits per heavy atom. The van der Waals surface area contributed by atoms with E-state index in [-0.39, 0.29) is 5.97 Å². The molecule has 21 heavy (non-hydrogen) atoms. The monoisotopic (exact) mass is 286 g/mol. The van der Waals surface area contributed by atoms with Crippen molar-refractivity contribution in [2.45, 2.75) is 46.5 Å². The van der Waals surface area contributed by atoms with Gasteiger partial charge in [-0.1, -0.05) is 39.0 Å². The second-order valence-corrected chi connectivity index (χ2v) is 7.37. The summed E-state index contributed by atoms with van der Waals surface area (Å²) < 4.78 is 5.23. The maximum Gasteiger partial charge on any atom is 0.338 e. The highest BCUT2D eigenvalue weighted by molar-refractivity contribution is 5.91. The minimum atomic E-state index is -0.168. The van der Waals surface area contributed by atoms with Crippen LogP contribution in [0.25, 0.3) is 0 Å². The molecule has 0 spiro atoms. The van der Waals surface area contributed by atoms with Gasteiger partial charge < -0.3 is 4.74 Å². The Hall–Kier alpha value is -1.31. The lowest BCUT2D eigenvalue weighted by atomic mass is 9.43. The maximum atomic E-state index is 12.2. The maximum absolute atomic E-state index is 12.2. The Kier molecular flexibility index (Phi) is 3.59. The van der Waals surface area contributed by atoms with Crippen LogP contribution in [0.2, 0.25) is 0 Å². The van der Waals surface area contributed by atoms with Crippen molar-refractivity contribution in [2.24, 2.45) is 23.2 Å². The van der Waals surface area contributed by atoms with E-state index in [1.165, 1.54) is 18.4 Å². The Morgan fingerprint density at radius 3 is 2.62 bits per heavy atom. The molecule has 2 nitrogen and oxygen atoms in total. The highest BCUT2D eigenvalue weighted by Gasteiger charge is 2.56. The topological polar surface area (TPSA) is 26.3 Å². The molecule has 0 saturated heterocycles. The molecular formula is C19H26O2. The van der Waals surface area contributed by atoms with E-state index >= 15 is 0 Å². The first-order valence-electron chi connectivity index (χ1n) is 8.22. The van der Waals surface area contributed by atoms with E-state index in [1.54, 1.807) is 0 Å². The van der Waals surface area contributed by atoms with E-state index < -0.39 is 0 Å². The van der Waals surface area contributed by atoms with Gasteiger partial charge in [0.25, 0.3) is 0 Å². The molecule has 2 heteroatoms. The van der Waals surface area contributed by atoms with Gasteiger partial charge in [-0.2, -0.15) is 0 Å². The molecule has 0 amide bonds. The number of hydrogen-bond donors (Lipinski definition) is 0. The Balaban J connectivity index is 1.90. The molecule has 114 valence electrons. The fourth-order valence-electron chi connectivity index (χ4n) is 4.78. The van der Waals surface area contributed by atoms with Crippen LogP contribution in [0.3, 0.4) is 0 Å². The van der Waals surface area contributed by atoms with Crippen molar-refractivity contribution in [1.82, 2.24) is 0 Å². The van der Waals surface area contributed by atoms with Crippen molar-refractivity contribution in [2.75, 3.05) is 6.61 Å². The molecule has 1 aromatic rings. The van der Waals surface area contributed by atoms with Crippen LogP contribution in [0.4, 0.5) is 0 Å². The molecule has 3 aliphatic rings. The van der Waals surface area contributed by atoms with Gasteiger partial charge in [-0.3, -0.25) is 0 Å². The van der Waals surface area contributed by atoms with Gasteiger partial charge >= 0.3 is 5.97 Å². The predicted octanol–water partition coefficient (Wildman–Crippen LogP) is 4.65. The Bertz CT molecular complexity index is 546. The summed E-state index contributed by atoms with van der Waals surface area (Å²) in [5.74, 6) is 2.57. The fourth-order valence-corrected chi connectivity index (χ4v) is 4.78. The van der Waals surface area contributed by atoms with Crippen LogP contribution in [0.5, 0.6) is 0 Å². The lowest BCUT2D eigenvalue weighted by molar-refractivity contribution is -0.110. The lowest BCUT2D eigenvalue weighted by Gasteiger charge is -2.62. The zero-order valence-corrected chi connectivity index (χ0v) is 13.6. The molecule has 4 rings (SSSR count). The van der Waals surface area contributed by atoms with Gasteiger partial charge in [0.2, 0.25) is 0 Å². The molecule has 3 saturated carbocycles. The second-order valence-electron chi connectivity index (χ2n) is 7.37. The van der Waals surface area contributed by atoms with Crippen molar-refractivity contribution in [3.05, 3.63) is 35.4 Å². The molecule has 0 unspecified atom stereocenters. The van der Waals surface area contributed by atoms with Gasteiger partial charge in [-0.15, -0.1) is 0 Å². The Labute approximate surface area is 127 Å². The summed E-state index contributed by atoms with van der Waals surface area (Å²) in [6.45, 7) is 9.49. The van der Waals surface area contributed by atoms with Crippen molar-refractivity contribution in [1.29, 1.82) is 0 Å². The fraction of sp³-hybridized carbons (Fsp3) is 0.632. The van der Waals surface area contributed by atoms with Crippen LogP contribution in [-0.4, -0.2) is 12.6 Å². The third kappa shape index (κ3) is 2.20. The van der Waals surface area contributed by atoms with Crippen molar-refractivity contribution in [3.8, 4) is 0 Å². The van der Waals surface area contributed by atoms with Crippen LogP contribution in [0, 0.1) is 23.2 Å². The van der Waals surface area contributed by atoms with Crippen LogP contribution in [0.1, 0.15) is 62.4 Å². The number of carbonyl (C=O) groups excluding carboxylic acids is 1. The normalized spacial score (nSPS) is 33.1. The first-order chi connectivity index (χ1) is 9.96. The molecule has 1 aromatic carbocycles. The zero-order valence-electron chi connectivity index (χ0n) is 13.6. The molecule has 0 heterocycles. The van der Waals surface area contributed by atoms with Gasteiger partial charge in [-0.05, 0) is 60.5 Å². The molecule has 2 bridgehead atoms. The van der Waals surface area contributed by atoms with Gasteiger partial charge in [0, 0.05) is 0 Å². The average Bonchev–Trinajstić information content (AvgIpc) is 2.47. The number of fused-ring (bicyclic) bond motifs is 2. The molecule has 0 radical (unpaired) electrons. The first kappa shape index (κ1) is 14.6. The number of rotatable bonds is 3. The molecule has 0 aromatic heterocycles. The van der Waals surface area contributed by atoms with Gasteiger partial charge in [0.05, 0.1) is 12.2 Å². The number of carbonyl (C=O) groups is 1. The van der Waals surface area contributed by atoms with E-state index in [4.69, 9.17) is 4.74 Å². The highest BCUT2D eigenvalue weighted by Crippen LogP contribution is 2.65. The van der Waals surface area contributed by atoms with E-state index in [1.807, 2.05) is 19.1 Å². The van der Waals surface area contributed by atoms with Crippen molar-refractivity contribution < 1.29 is 9.53 Å². The van der Waals surface area contributed by atoms with Gasteiger partial charge in [0.15, 0.2) is 0 Å². The molecule has 0 N–H and O–H groups in total. The zero-order chi connectivity index (χ0) is 15.2. The van der Waals surface area contributed by atoms with Crippen molar-refractivity contribution in [3.63, 3.8) is 0 Å². The van der Waals surface area contributed by atoms with E-state index in [2.05, 4.69) is 32.9 Å². The summed E-state index contributed by atoms with van der Waals surface area (Å²) in [4.78, 5) is 12.2. The number of ether oxygens (including phenoxy) is 1. The molecular weight excluding hydrogens is 260 g/mol. The lowest BCUT2D eigenvalue weighted by Crippen LogP contribution is -2.54. The van der Waals surface area contributed by atoms with Crippen LogP contribution in [-0.2, 0) is 4.74 Å². The van der Waals surface area contributed by atoms with Gasteiger partial charge in [-0.25, -0.2) is 4.79 Å². The van der Waals surface area contributed by atoms with Crippen LogP contribution < -0.4 is 0 Å². The quantitative estimate of drug-likeness (QED) is 0.756.